The number of hydrogen-bond donors (Lipinski definition) is 1. The van der Waals surface area contributed by atoms with Gasteiger partial charge in [0.1, 0.15) is 5.01 Å². The van der Waals surface area contributed by atoms with Crippen molar-refractivity contribution in [2.45, 2.75) is 19.1 Å². The van der Waals surface area contributed by atoms with E-state index in [1.165, 1.54) is 11.3 Å². The first-order valence-corrected chi connectivity index (χ1v) is 4.56. The molecule has 1 heterocycles. The second-order valence-corrected chi connectivity index (χ2v) is 3.51. The molecule has 0 saturated carbocycles. The molecule has 6 heteroatoms. The van der Waals surface area contributed by atoms with Crippen LogP contribution in [-0.4, -0.2) is 17.7 Å². The molecule has 0 aromatic carbocycles. The highest BCUT2D eigenvalue weighted by atomic mass is 32.1. The summed E-state index contributed by atoms with van der Waals surface area (Å²) >= 11 is 1.34. The van der Waals surface area contributed by atoms with Crippen LogP contribution in [-0.2, 0) is 0 Å². The lowest BCUT2D eigenvalue weighted by molar-refractivity contribution is -0.126. The largest absolute Gasteiger partial charge is 0.401 e. The first kappa shape index (κ1) is 10.5. The summed E-state index contributed by atoms with van der Waals surface area (Å²) in [5.74, 6) is 0. The minimum atomic E-state index is -4.16. The molecule has 0 aliphatic rings. The first-order valence-electron chi connectivity index (χ1n) is 3.68. The van der Waals surface area contributed by atoms with Crippen molar-refractivity contribution in [2.24, 2.45) is 0 Å². The predicted octanol–water partition coefficient (Wildman–Crippen LogP) is 2.36. The van der Waals surface area contributed by atoms with Crippen molar-refractivity contribution in [1.82, 2.24) is 10.3 Å². The van der Waals surface area contributed by atoms with E-state index in [0.717, 1.165) is 0 Å². The number of nitrogens with one attached hydrogen (secondary N) is 1. The predicted molar refractivity (Wildman–Crippen MR) is 44.6 cm³/mol. The number of hydrogen-bond acceptors (Lipinski definition) is 3. The minimum absolute atomic E-state index is 0.346. The Hall–Kier alpha value is -0.620. The Morgan fingerprint density at radius 2 is 2.31 bits per heavy atom. The van der Waals surface area contributed by atoms with E-state index < -0.39 is 12.7 Å². The molecule has 74 valence electrons. The number of halogens is 3. The topological polar surface area (TPSA) is 24.9 Å². The van der Waals surface area contributed by atoms with Gasteiger partial charge < -0.3 is 0 Å². The van der Waals surface area contributed by atoms with Crippen LogP contribution in [0.2, 0.25) is 0 Å². The number of alkyl halides is 3. The van der Waals surface area contributed by atoms with E-state index in [4.69, 9.17) is 0 Å². The molecule has 1 rings (SSSR count). The van der Waals surface area contributed by atoms with Crippen LogP contribution in [0.1, 0.15) is 18.0 Å². The SMILES string of the molecule is C[C@H](NCC(F)(F)F)c1nccs1. The average molecular weight is 210 g/mol. The third-order valence-corrected chi connectivity index (χ3v) is 2.39. The molecule has 0 bridgehead atoms. The maximum Gasteiger partial charge on any atom is 0.401 e. The molecule has 0 fully saturated rings. The second-order valence-electron chi connectivity index (χ2n) is 2.59. The van der Waals surface area contributed by atoms with Gasteiger partial charge in [-0.15, -0.1) is 11.3 Å². The van der Waals surface area contributed by atoms with Gasteiger partial charge in [0.15, 0.2) is 0 Å². The second kappa shape index (κ2) is 4.06. The molecule has 0 spiro atoms. The van der Waals surface area contributed by atoms with E-state index in [1.807, 2.05) is 0 Å². The smallest absolute Gasteiger partial charge is 0.300 e. The van der Waals surface area contributed by atoms with Gasteiger partial charge in [-0.2, -0.15) is 13.2 Å². The number of nitrogens with zero attached hydrogens (tertiary/aromatic N) is 1. The lowest BCUT2D eigenvalue weighted by Crippen LogP contribution is -2.30. The van der Waals surface area contributed by atoms with Crippen LogP contribution in [0.5, 0.6) is 0 Å². The molecule has 13 heavy (non-hydrogen) atoms. The number of thiazole rings is 1. The van der Waals surface area contributed by atoms with Gasteiger partial charge in [-0.25, -0.2) is 4.98 Å². The Bertz CT molecular complexity index is 245. The van der Waals surface area contributed by atoms with E-state index in [2.05, 4.69) is 10.3 Å². The molecule has 0 unspecified atom stereocenters. The molecule has 1 N–H and O–H groups in total. The third kappa shape index (κ3) is 3.73. The average Bonchev–Trinajstić information content (AvgIpc) is 2.50. The Labute approximate surface area is 77.8 Å². The molecular weight excluding hydrogens is 201 g/mol. The zero-order valence-corrected chi connectivity index (χ0v) is 7.75. The van der Waals surface area contributed by atoms with Crippen molar-refractivity contribution in [1.29, 1.82) is 0 Å². The molecule has 0 radical (unpaired) electrons. The number of rotatable bonds is 3. The van der Waals surface area contributed by atoms with Crippen LogP contribution in [0.3, 0.4) is 0 Å². The van der Waals surface area contributed by atoms with Crippen LogP contribution in [0.25, 0.3) is 0 Å². The summed E-state index contributed by atoms with van der Waals surface area (Å²) in [6.07, 6.45) is -2.59. The molecule has 1 aromatic heterocycles. The molecule has 1 aromatic rings. The van der Waals surface area contributed by atoms with Crippen LogP contribution in [0.15, 0.2) is 11.6 Å². The third-order valence-electron chi connectivity index (χ3n) is 1.43. The van der Waals surface area contributed by atoms with E-state index in [-0.39, 0.29) is 6.04 Å². The highest BCUT2D eigenvalue weighted by Gasteiger charge is 2.27. The Morgan fingerprint density at radius 1 is 1.62 bits per heavy atom. The van der Waals surface area contributed by atoms with Crippen molar-refractivity contribution in [3.05, 3.63) is 16.6 Å². The highest BCUT2D eigenvalue weighted by Crippen LogP contribution is 2.18. The summed E-state index contributed by atoms with van der Waals surface area (Å²) in [5, 5.41) is 4.76. The summed E-state index contributed by atoms with van der Waals surface area (Å²) in [4.78, 5) is 3.91. The van der Waals surface area contributed by atoms with Crippen molar-refractivity contribution < 1.29 is 13.2 Å². The zero-order chi connectivity index (χ0) is 9.90. The summed E-state index contributed by atoms with van der Waals surface area (Å²) in [7, 11) is 0. The number of aromatic nitrogens is 1. The molecular formula is C7H9F3N2S. The van der Waals surface area contributed by atoms with Crippen LogP contribution in [0, 0.1) is 0 Å². The Balaban J connectivity index is 2.39. The van der Waals surface area contributed by atoms with Crippen LogP contribution < -0.4 is 5.32 Å². The summed E-state index contributed by atoms with van der Waals surface area (Å²) in [6, 6.07) is -0.346. The van der Waals surface area contributed by atoms with Gasteiger partial charge in [0.25, 0.3) is 0 Å². The molecule has 0 aliphatic heterocycles. The van der Waals surface area contributed by atoms with Gasteiger partial charge >= 0.3 is 6.18 Å². The molecule has 0 amide bonds. The van der Waals surface area contributed by atoms with Crippen LogP contribution in [0.4, 0.5) is 13.2 Å². The van der Waals surface area contributed by atoms with Crippen molar-refractivity contribution in [3.8, 4) is 0 Å². The highest BCUT2D eigenvalue weighted by molar-refractivity contribution is 7.09. The molecule has 0 aliphatic carbocycles. The van der Waals surface area contributed by atoms with E-state index in [0.29, 0.717) is 5.01 Å². The van der Waals surface area contributed by atoms with Gasteiger partial charge in [0.05, 0.1) is 12.6 Å². The van der Waals surface area contributed by atoms with E-state index >= 15 is 0 Å². The van der Waals surface area contributed by atoms with Crippen molar-refractivity contribution in [2.75, 3.05) is 6.54 Å². The Kier molecular flexibility index (Phi) is 3.27. The van der Waals surface area contributed by atoms with Gasteiger partial charge in [-0.3, -0.25) is 5.32 Å². The normalized spacial score (nSPS) is 14.5. The van der Waals surface area contributed by atoms with Gasteiger partial charge in [0, 0.05) is 11.6 Å². The lowest BCUT2D eigenvalue weighted by Gasteiger charge is -2.12. The fourth-order valence-electron chi connectivity index (χ4n) is 0.804. The minimum Gasteiger partial charge on any atom is -0.300 e. The quantitative estimate of drug-likeness (QED) is 0.828. The fraction of sp³-hybridized carbons (Fsp3) is 0.571. The van der Waals surface area contributed by atoms with E-state index in [9.17, 15) is 13.2 Å². The zero-order valence-electron chi connectivity index (χ0n) is 6.93. The fourth-order valence-corrected chi connectivity index (χ4v) is 1.47. The molecule has 1 atom stereocenters. The summed E-state index contributed by atoms with van der Waals surface area (Å²) in [5.41, 5.74) is 0. The van der Waals surface area contributed by atoms with Crippen molar-refractivity contribution >= 4 is 11.3 Å². The lowest BCUT2D eigenvalue weighted by atomic mass is 10.3. The summed E-state index contributed by atoms with van der Waals surface area (Å²) < 4.78 is 35.3. The first-order chi connectivity index (χ1) is 5.99. The van der Waals surface area contributed by atoms with Crippen LogP contribution >= 0.6 is 11.3 Å². The molecule has 2 nitrogen and oxygen atoms in total. The van der Waals surface area contributed by atoms with Gasteiger partial charge in [0.2, 0.25) is 0 Å². The maximum atomic E-state index is 11.8. The maximum absolute atomic E-state index is 11.8. The van der Waals surface area contributed by atoms with Crippen molar-refractivity contribution in [3.63, 3.8) is 0 Å². The van der Waals surface area contributed by atoms with Gasteiger partial charge in [-0.05, 0) is 6.92 Å². The molecule has 0 saturated heterocycles. The monoisotopic (exact) mass is 210 g/mol. The standard InChI is InChI=1S/C7H9F3N2S/c1-5(6-11-2-3-13-6)12-4-7(8,9)10/h2-3,5,12H,4H2,1H3/t5-/m0/s1. The Morgan fingerprint density at radius 3 is 2.77 bits per heavy atom. The van der Waals surface area contributed by atoms with Gasteiger partial charge in [-0.1, -0.05) is 0 Å². The van der Waals surface area contributed by atoms with E-state index in [1.54, 1.807) is 18.5 Å². The summed E-state index contributed by atoms with van der Waals surface area (Å²) in [6.45, 7) is 0.679.